The minimum atomic E-state index is -0.431. The number of aromatic nitrogens is 6. The van der Waals surface area contributed by atoms with Gasteiger partial charge in [0.05, 0.1) is 4.47 Å². The summed E-state index contributed by atoms with van der Waals surface area (Å²) in [6.07, 6.45) is 2.46. The Morgan fingerprint density at radius 2 is 2.10 bits per heavy atom. The number of piperidine rings is 1. The monoisotopic (exact) mass is 511 g/mol. The third-order valence-electron chi connectivity index (χ3n) is 4.54. The molecule has 0 N–H and O–H groups in total. The second-order valence-electron chi connectivity index (χ2n) is 6.85. The van der Waals surface area contributed by atoms with Crippen LogP contribution >= 0.6 is 27.3 Å². The maximum absolute atomic E-state index is 13.5. The van der Waals surface area contributed by atoms with Crippen LogP contribution in [0.1, 0.15) is 32.6 Å². The molecule has 10 nitrogen and oxygen atoms in total. The van der Waals surface area contributed by atoms with Crippen LogP contribution in [0.4, 0.5) is 9.52 Å². The number of benzene rings is 1. The summed E-state index contributed by atoms with van der Waals surface area (Å²) in [7, 11) is 0. The van der Waals surface area contributed by atoms with Gasteiger partial charge in [-0.3, -0.25) is 0 Å². The summed E-state index contributed by atoms with van der Waals surface area (Å²) in [4.78, 5) is 19.4. The number of tetrazole rings is 1. The van der Waals surface area contributed by atoms with E-state index in [2.05, 4.69) is 46.4 Å². The van der Waals surface area contributed by atoms with E-state index in [1.165, 1.54) is 23.5 Å². The Bertz CT molecular complexity index is 1050. The summed E-state index contributed by atoms with van der Waals surface area (Å²) >= 11 is 4.72. The quantitative estimate of drug-likeness (QED) is 0.442. The molecular weight excluding hydrogens is 493 g/mol. The van der Waals surface area contributed by atoms with Gasteiger partial charge < -0.3 is 14.5 Å². The van der Waals surface area contributed by atoms with E-state index >= 15 is 0 Å². The lowest BCUT2D eigenvalue weighted by molar-refractivity contribution is -0.148. The number of nitrogens with zero attached hydrogens (tertiary/aromatic N) is 7. The van der Waals surface area contributed by atoms with Gasteiger partial charge in [0.25, 0.3) is 0 Å². The molecule has 1 aliphatic heterocycles. The lowest BCUT2D eigenvalue weighted by atomic mass is 10.1. The molecule has 1 saturated heterocycles. The highest BCUT2D eigenvalue weighted by atomic mass is 79.9. The van der Waals surface area contributed by atoms with E-state index in [4.69, 9.17) is 9.57 Å². The SMILES string of the molecule is CCCC(=O)On1nnc(-c2nnc(N3CCC(Oc4cc(F)ccc4Br)CC3)s2)n1. The highest BCUT2D eigenvalue weighted by Gasteiger charge is 2.25. The molecule has 4 rings (SSSR count). The van der Waals surface area contributed by atoms with Crippen LogP contribution in [0.25, 0.3) is 10.8 Å². The van der Waals surface area contributed by atoms with Crippen molar-refractivity contribution in [2.24, 2.45) is 0 Å². The minimum absolute atomic E-state index is 0.0129. The van der Waals surface area contributed by atoms with E-state index in [9.17, 15) is 9.18 Å². The van der Waals surface area contributed by atoms with Crippen molar-refractivity contribution in [1.82, 2.24) is 30.6 Å². The molecule has 0 bridgehead atoms. The highest BCUT2D eigenvalue weighted by molar-refractivity contribution is 9.10. The fourth-order valence-corrected chi connectivity index (χ4v) is 4.17. The average molecular weight is 512 g/mol. The van der Waals surface area contributed by atoms with Crippen LogP contribution in [0, 0.1) is 5.82 Å². The number of hydrogen-bond acceptors (Lipinski definition) is 10. The number of carbonyl (C=O) groups excluding carboxylic acids is 1. The van der Waals surface area contributed by atoms with Gasteiger partial charge in [0, 0.05) is 43.4 Å². The van der Waals surface area contributed by atoms with Gasteiger partial charge in [0.15, 0.2) is 5.01 Å². The lowest BCUT2D eigenvalue weighted by Crippen LogP contribution is -2.38. The fraction of sp³-hybridized carbons (Fsp3) is 0.444. The molecule has 2 aromatic heterocycles. The van der Waals surface area contributed by atoms with E-state index in [0.717, 1.165) is 40.5 Å². The molecule has 0 atom stereocenters. The maximum atomic E-state index is 13.5. The maximum Gasteiger partial charge on any atom is 0.336 e. The van der Waals surface area contributed by atoms with Gasteiger partial charge in [-0.15, -0.1) is 15.3 Å². The Kier molecular flexibility index (Phi) is 6.70. The van der Waals surface area contributed by atoms with E-state index in [-0.39, 0.29) is 24.2 Å². The first kappa shape index (κ1) is 21.6. The van der Waals surface area contributed by atoms with Crippen molar-refractivity contribution in [2.75, 3.05) is 18.0 Å². The van der Waals surface area contributed by atoms with Crippen molar-refractivity contribution in [3.63, 3.8) is 0 Å². The van der Waals surface area contributed by atoms with Crippen molar-refractivity contribution in [3.05, 3.63) is 28.5 Å². The molecule has 0 spiro atoms. The predicted octanol–water partition coefficient (Wildman–Crippen LogP) is 2.90. The molecule has 0 saturated carbocycles. The summed E-state index contributed by atoms with van der Waals surface area (Å²) in [5.74, 6) is -0.0184. The Labute approximate surface area is 189 Å². The number of hydrogen-bond donors (Lipinski definition) is 0. The van der Waals surface area contributed by atoms with Crippen molar-refractivity contribution in [2.45, 2.75) is 38.7 Å². The van der Waals surface area contributed by atoms with Gasteiger partial charge in [-0.2, -0.15) is 0 Å². The van der Waals surface area contributed by atoms with E-state index < -0.39 is 5.97 Å². The van der Waals surface area contributed by atoms with Crippen LogP contribution < -0.4 is 14.5 Å². The van der Waals surface area contributed by atoms with Crippen LogP contribution in [0.3, 0.4) is 0 Å². The second-order valence-corrected chi connectivity index (χ2v) is 8.66. The molecule has 0 unspecified atom stereocenters. The molecule has 1 aromatic carbocycles. The van der Waals surface area contributed by atoms with Crippen molar-refractivity contribution in [3.8, 4) is 16.6 Å². The summed E-state index contributed by atoms with van der Waals surface area (Å²) in [5.41, 5.74) is 0. The van der Waals surface area contributed by atoms with Crippen LogP contribution in [0.5, 0.6) is 5.75 Å². The van der Waals surface area contributed by atoms with Crippen molar-refractivity contribution >= 4 is 38.4 Å². The molecule has 3 aromatic rings. The zero-order valence-corrected chi connectivity index (χ0v) is 19.0. The molecule has 164 valence electrons. The third-order valence-corrected chi connectivity index (χ3v) is 6.17. The molecule has 3 heterocycles. The van der Waals surface area contributed by atoms with Crippen LogP contribution in [-0.4, -0.2) is 55.7 Å². The highest BCUT2D eigenvalue weighted by Crippen LogP contribution is 2.31. The van der Waals surface area contributed by atoms with Gasteiger partial charge in [-0.1, -0.05) is 23.4 Å². The second kappa shape index (κ2) is 9.64. The number of carbonyl (C=O) groups is 1. The normalized spacial score (nSPS) is 14.6. The largest absolute Gasteiger partial charge is 0.489 e. The number of ether oxygens (including phenoxy) is 1. The number of anilines is 1. The molecule has 1 aliphatic rings. The molecule has 13 heteroatoms. The Hall–Kier alpha value is -2.67. The predicted molar refractivity (Wildman–Crippen MR) is 113 cm³/mol. The molecule has 0 radical (unpaired) electrons. The average Bonchev–Trinajstić information content (AvgIpc) is 3.41. The fourth-order valence-electron chi connectivity index (χ4n) is 3.01. The van der Waals surface area contributed by atoms with Gasteiger partial charge in [0.2, 0.25) is 11.0 Å². The first-order valence-corrected chi connectivity index (χ1v) is 11.3. The van der Waals surface area contributed by atoms with E-state index in [0.29, 0.717) is 17.2 Å². The first-order chi connectivity index (χ1) is 15.0. The smallest absolute Gasteiger partial charge is 0.336 e. The van der Waals surface area contributed by atoms with Crippen molar-refractivity contribution in [1.29, 1.82) is 0 Å². The van der Waals surface area contributed by atoms with Crippen molar-refractivity contribution < 1.29 is 18.8 Å². The Morgan fingerprint density at radius 1 is 1.29 bits per heavy atom. The number of rotatable bonds is 7. The Balaban J connectivity index is 1.34. The molecule has 0 amide bonds. The van der Waals surface area contributed by atoms with Crippen LogP contribution in [0.2, 0.25) is 0 Å². The molecule has 1 fully saturated rings. The Morgan fingerprint density at radius 3 is 2.87 bits per heavy atom. The first-order valence-electron chi connectivity index (χ1n) is 9.73. The van der Waals surface area contributed by atoms with Gasteiger partial charge >= 0.3 is 5.97 Å². The summed E-state index contributed by atoms with van der Waals surface area (Å²) < 4.78 is 20.1. The number of halogens is 2. The van der Waals surface area contributed by atoms with Gasteiger partial charge in [0.1, 0.15) is 17.7 Å². The molecular formula is C18H19BrFN7O3S. The van der Waals surface area contributed by atoms with Crippen LogP contribution in [-0.2, 0) is 4.79 Å². The lowest BCUT2D eigenvalue weighted by Gasteiger charge is -2.31. The molecule has 0 aliphatic carbocycles. The van der Waals surface area contributed by atoms with E-state index in [1.54, 1.807) is 6.07 Å². The van der Waals surface area contributed by atoms with Gasteiger partial charge in [-0.25, -0.2) is 9.18 Å². The zero-order chi connectivity index (χ0) is 21.8. The van der Waals surface area contributed by atoms with E-state index in [1.807, 2.05) is 6.92 Å². The minimum Gasteiger partial charge on any atom is -0.489 e. The molecule has 31 heavy (non-hydrogen) atoms. The summed E-state index contributed by atoms with van der Waals surface area (Å²) in [6.45, 7) is 3.32. The summed E-state index contributed by atoms with van der Waals surface area (Å²) in [5, 5.41) is 21.2. The zero-order valence-electron chi connectivity index (χ0n) is 16.6. The summed E-state index contributed by atoms with van der Waals surface area (Å²) in [6, 6.07) is 4.40. The topological polar surface area (TPSA) is 108 Å². The van der Waals surface area contributed by atoms with Crippen LogP contribution in [0.15, 0.2) is 22.7 Å². The standard InChI is InChI=1S/C18H19BrFN7O3S/c1-2-3-15(28)30-27-24-16(21-25-27)17-22-23-18(31-17)26-8-6-12(7-9-26)29-14-10-11(20)4-5-13(14)19/h4-5,10,12H,2-3,6-9H2,1H3. The third kappa shape index (κ3) is 5.34. The van der Waals surface area contributed by atoms with Gasteiger partial charge in [-0.05, 0) is 39.7 Å².